The highest BCUT2D eigenvalue weighted by atomic mass is 32.2. The van der Waals surface area contributed by atoms with Gasteiger partial charge in [0.1, 0.15) is 11.6 Å². The number of carbonyl (C=O) groups excluding carboxylic acids is 1. The molecular formula is C19H21N5O3S. The summed E-state index contributed by atoms with van der Waals surface area (Å²) in [5, 5.41) is 6.35. The Kier molecular flexibility index (Phi) is 5.84. The number of hydrogen-bond donors (Lipinski definition) is 2. The number of nitrogens with zero attached hydrogens (tertiary/aromatic N) is 3. The summed E-state index contributed by atoms with van der Waals surface area (Å²) in [4.78, 5) is 28.7. The number of thioether (sulfide) groups is 1. The van der Waals surface area contributed by atoms with Crippen molar-refractivity contribution in [3.8, 4) is 5.69 Å². The first kappa shape index (κ1) is 19.7. The number of anilines is 2. The van der Waals surface area contributed by atoms with Crippen LogP contribution < -0.4 is 16.6 Å². The van der Waals surface area contributed by atoms with Gasteiger partial charge in [0.15, 0.2) is 11.0 Å². The fourth-order valence-corrected chi connectivity index (χ4v) is 3.71. The molecule has 0 aliphatic rings. The van der Waals surface area contributed by atoms with Crippen LogP contribution in [0.3, 0.4) is 0 Å². The van der Waals surface area contributed by atoms with Crippen molar-refractivity contribution in [1.82, 2.24) is 14.7 Å². The van der Waals surface area contributed by atoms with Gasteiger partial charge in [-0.05, 0) is 38.0 Å². The normalized spacial score (nSPS) is 12.0. The number of carbonyl (C=O) groups is 1. The second kappa shape index (κ2) is 8.30. The smallest absolute Gasteiger partial charge is 0.275 e. The van der Waals surface area contributed by atoms with Gasteiger partial charge in [-0.1, -0.05) is 36.0 Å². The number of nitrogen functional groups attached to an aromatic ring is 1. The number of nitrogens with two attached hydrogens (primary N) is 1. The van der Waals surface area contributed by atoms with Crippen LogP contribution in [0.25, 0.3) is 5.69 Å². The molecule has 28 heavy (non-hydrogen) atoms. The van der Waals surface area contributed by atoms with Gasteiger partial charge in [0, 0.05) is 17.8 Å². The van der Waals surface area contributed by atoms with Crippen molar-refractivity contribution >= 4 is 29.3 Å². The minimum atomic E-state index is -0.498. The lowest BCUT2D eigenvalue weighted by atomic mass is 10.2. The average Bonchev–Trinajstić information content (AvgIpc) is 3.03. The Hall–Kier alpha value is -3.07. The highest BCUT2D eigenvalue weighted by molar-refractivity contribution is 8.00. The Morgan fingerprint density at radius 1 is 1.32 bits per heavy atom. The van der Waals surface area contributed by atoms with E-state index < -0.39 is 10.8 Å². The summed E-state index contributed by atoms with van der Waals surface area (Å²) >= 11 is 1.18. The maximum atomic E-state index is 12.7. The largest absolute Gasteiger partial charge is 0.385 e. The highest BCUT2D eigenvalue weighted by Gasteiger charge is 2.23. The summed E-state index contributed by atoms with van der Waals surface area (Å²) in [6.07, 6.45) is 0.520. The summed E-state index contributed by atoms with van der Waals surface area (Å²) in [6, 6.07) is 10.6. The third kappa shape index (κ3) is 4.42. The van der Waals surface area contributed by atoms with Gasteiger partial charge >= 0.3 is 0 Å². The number of aromatic nitrogens is 3. The van der Waals surface area contributed by atoms with Gasteiger partial charge in [-0.3, -0.25) is 14.2 Å². The third-order valence-corrected chi connectivity index (χ3v) is 5.29. The first-order chi connectivity index (χ1) is 13.4. The summed E-state index contributed by atoms with van der Waals surface area (Å²) in [7, 11) is 0. The molecule has 1 atom stereocenters. The summed E-state index contributed by atoms with van der Waals surface area (Å²) < 4.78 is 6.65. The Morgan fingerprint density at radius 3 is 2.75 bits per heavy atom. The topological polar surface area (TPSA) is 116 Å². The summed E-state index contributed by atoms with van der Waals surface area (Å²) in [5.74, 6) is 0.948. The molecule has 0 fully saturated rings. The first-order valence-corrected chi connectivity index (χ1v) is 9.62. The second-order valence-electron chi connectivity index (χ2n) is 6.30. The number of rotatable bonds is 6. The molecule has 0 unspecified atom stereocenters. The number of hydrogen-bond acceptors (Lipinski definition) is 7. The quantitative estimate of drug-likeness (QED) is 0.483. The van der Waals surface area contributed by atoms with E-state index in [0.717, 1.165) is 11.3 Å². The molecule has 0 spiro atoms. The van der Waals surface area contributed by atoms with Crippen LogP contribution in [0.2, 0.25) is 0 Å². The van der Waals surface area contributed by atoms with E-state index in [1.807, 2.05) is 38.1 Å². The lowest BCUT2D eigenvalue weighted by Gasteiger charge is -2.18. The zero-order chi connectivity index (χ0) is 20.3. The zero-order valence-electron chi connectivity index (χ0n) is 15.8. The SMILES string of the molecule is CC[C@H](Sc1nc(=O)cc(N)n1-c1cccc(C)c1)C(=O)Nc1cc(C)on1. The fourth-order valence-electron chi connectivity index (χ4n) is 2.67. The second-order valence-corrected chi connectivity index (χ2v) is 7.47. The standard InChI is InChI=1S/C19H21N5O3S/c1-4-14(18(26)21-16-9-12(3)27-23-16)28-19-22-17(25)10-15(20)24(19)13-7-5-6-11(2)8-13/h5-10,14H,4,20H2,1-3H3,(H,21,23,26)/t14-/m0/s1. The lowest BCUT2D eigenvalue weighted by Crippen LogP contribution is -2.26. The molecule has 9 heteroatoms. The molecule has 0 aliphatic carbocycles. The van der Waals surface area contributed by atoms with Gasteiger partial charge in [0.05, 0.1) is 5.25 Å². The van der Waals surface area contributed by atoms with Gasteiger partial charge in [0.25, 0.3) is 5.56 Å². The number of amides is 1. The Bertz CT molecular complexity index is 1060. The van der Waals surface area contributed by atoms with Crippen molar-refractivity contribution in [3.63, 3.8) is 0 Å². The van der Waals surface area contributed by atoms with Crippen LogP contribution in [-0.4, -0.2) is 25.9 Å². The van der Waals surface area contributed by atoms with Crippen molar-refractivity contribution in [3.05, 3.63) is 58.1 Å². The fraction of sp³-hybridized carbons (Fsp3) is 0.263. The minimum Gasteiger partial charge on any atom is -0.385 e. The zero-order valence-corrected chi connectivity index (χ0v) is 16.6. The average molecular weight is 399 g/mol. The number of nitrogens with one attached hydrogen (secondary N) is 1. The van der Waals surface area contributed by atoms with Crippen molar-refractivity contribution < 1.29 is 9.32 Å². The summed E-state index contributed by atoms with van der Waals surface area (Å²) in [6.45, 7) is 5.59. The minimum absolute atomic E-state index is 0.256. The molecule has 0 saturated heterocycles. The van der Waals surface area contributed by atoms with Crippen LogP contribution in [0.5, 0.6) is 0 Å². The Labute approximate surface area is 166 Å². The van der Waals surface area contributed by atoms with E-state index in [1.165, 1.54) is 17.8 Å². The van der Waals surface area contributed by atoms with Crippen molar-refractivity contribution in [2.45, 2.75) is 37.6 Å². The highest BCUT2D eigenvalue weighted by Crippen LogP contribution is 2.28. The monoisotopic (exact) mass is 399 g/mol. The van der Waals surface area contributed by atoms with Crippen molar-refractivity contribution in [2.24, 2.45) is 0 Å². The van der Waals surface area contributed by atoms with Crippen molar-refractivity contribution in [2.75, 3.05) is 11.1 Å². The van der Waals surface area contributed by atoms with E-state index >= 15 is 0 Å². The molecule has 0 radical (unpaired) electrons. The molecule has 2 aromatic heterocycles. The maximum Gasteiger partial charge on any atom is 0.275 e. The van der Waals surface area contributed by atoms with Gasteiger partial charge in [-0.25, -0.2) is 0 Å². The molecule has 3 N–H and O–H groups in total. The molecule has 1 aromatic carbocycles. The van der Waals surface area contributed by atoms with Crippen LogP contribution >= 0.6 is 11.8 Å². The van der Waals surface area contributed by atoms with Crippen LogP contribution in [-0.2, 0) is 4.79 Å². The van der Waals surface area contributed by atoms with E-state index in [4.69, 9.17) is 10.3 Å². The van der Waals surface area contributed by atoms with Gasteiger partial charge in [-0.15, -0.1) is 0 Å². The van der Waals surface area contributed by atoms with Crippen LogP contribution in [0.4, 0.5) is 11.6 Å². The number of benzene rings is 1. The van der Waals surface area contributed by atoms with Gasteiger partial charge < -0.3 is 15.6 Å². The molecule has 3 aromatic rings. The molecule has 8 nitrogen and oxygen atoms in total. The summed E-state index contributed by atoms with van der Waals surface area (Å²) in [5.41, 5.74) is 7.47. The molecular weight excluding hydrogens is 378 g/mol. The molecule has 0 aliphatic heterocycles. The molecule has 3 rings (SSSR count). The Balaban J connectivity index is 1.93. The maximum absolute atomic E-state index is 12.7. The van der Waals surface area contributed by atoms with E-state index in [2.05, 4.69) is 15.5 Å². The number of aryl methyl sites for hydroxylation is 2. The van der Waals surface area contributed by atoms with Gasteiger partial charge in [0.2, 0.25) is 5.91 Å². The van der Waals surface area contributed by atoms with E-state index in [-0.39, 0.29) is 11.7 Å². The molecule has 146 valence electrons. The molecule has 2 heterocycles. The van der Waals surface area contributed by atoms with Crippen LogP contribution in [0.15, 0.2) is 50.9 Å². The predicted octanol–water partition coefficient (Wildman–Crippen LogP) is 2.93. The molecule has 0 saturated carbocycles. The van der Waals surface area contributed by atoms with Gasteiger partial charge in [-0.2, -0.15) is 4.98 Å². The first-order valence-electron chi connectivity index (χ1n) is 8.75. The van der Waals surface area contributed by atoms with Crippen molar-refractivity contribution in [1.29, 1.82) is 0 Å². The lowest BCUT2D eigenvalue weighted by molar-refractivity contribution is -0.115. The Morgan fingerprint density at radius 2 is 2.11 bits per heavy atom. The van der Waals surface area contributed by atoms with E-state index in [9.17, 15) is 9.59 Å². The van der Waals surface area contributed by atoms with Crippen LogP contribution in [0.1, 0.15) is 24.7 Å². The van der Waals surface area contributed by atoms with Crippen LogP contribution in [0, 0.1) is 13.8 Å². The molecule has 0 bridgehead atoms. The molecule has 1 amide bonds. The van der Waals surface area contributed by atoms with E-state index in [1.54, 1.807) is 17.6 Å². The van der Waals surface area contributed by atoms with E-state index in [0.29, 0.717) is 23.2 Å². The predicted molar refractivity (Wildman–Crippen MR) is 109 cm³/mol. The third-order valence-electron chi connectivity index (χ3n) is 3.98.